The molecular weight excluding hydrogens is 658 g/mol. The summed E-state index contributed by atoms with van der Waals surface area (Å²) in [6.45, 7) is 17.0. The molecule has 0 aliphatic carbocycles. The molecule has 34 heavy (non-hydrogen) atoms. The van der Waals surface area contributed by atoms with Crippen molar-refractivity contribution in [3.05, 3.63) is 19.3 Å². The molecule has 2 heterocycles. The summed E-state index contributed by atoms with van der Waals surface area (Å²) in [4.78, 5) is 30.9. The summed E-state index contributed by atoms with van der Waals surface area (Å²) in [5.74, 6) is 0.0876. The van der Waals surface area contributed by atoms with Crippen LogP contribution in [0.3, 0.4) is 0 Å². The van der Waals surface area contributed by atoms with Gasteiger partial charge in [-0.1, -0.05) is 0 Å². The Kier molecular flexibility index (Phi) is 7.55. The molecule has 190 valence electrons. The summed E-state index contributed by atoms with van der Waals surface area (Å²) >= 11 is 4.28. The van der Waals surface area contributed by atoms with Crippen molar-refractivity contribution < 1.29 is 19.1 Å². The van der Waals surface area contributed by atoms with Gasteiger partial charge in [-0.05, 0) is 140 Å². The van der Waals surface area contributed by atoms with E-state index in [1.165, 1.54) is 0 Å². The van der Waals surface area contributed by atoms with Crippen LogP contribution < -0.4 is 9.47 Å². The van der Waals surface area contributed by atoms with Crippen molar-refractivity contribution in [3.8, 4) is 11.5 Å². The molecule has 8 heteroatoms. The molecule has 2 saturated heterocycles. The predicted molar refractivity (Wildman–Crippen MR) is 151 cm³/mol. The monoisotopic (exact) mass is 696 g/mol. The lowest BCUT2D eigenvalue weighted by Crippen LogP contribution is -2.48. The minimum Gasteiger partial charge on any atom is -0.425 e. The number of benzene rings is 1. The molecular formula is C26H38I2N2O4. The predicted octanol–water partition coefficient (Wildman–Crippen LogP) is 5.72. The Morgan fingerprint density at radius 2 is 1.03 bits per heavy atom. The number of likely N-dealkylation sites (tertiary alicyclic amines) is 2. The van der Waals surface area contributed by atoms with Gasteiger partial charge in [0.2, 0.25) is 0 Å². The zero-order valence-electron chi connectivity index (χ0n) is 22.0. The SMILES string of the molecule is CN1C(C)(C)CC(C(=O)Oc2cc(I)c(OC(=O)C3CC(C)(C)N(C)C3(C)C)cc2I)C1(C)C. The summed E-state index contributed by atoms with van der Waals surface area (Å²) < 4.78 is 13.3. The molecule has 2 fully saturated rings. The molecule has 0 spiro atoms. The van der Waals surface area contributed by atoms with E-state index in [0.717, 1.165) is 20.0 Å². The van der Waals surface area contributed by atoms with Crippen LogP contribution in [0.4, 0.5) is 0 Å². The van der Waals surface area contributed by atoms with Crippen LogP contribution in [-0.4, -0.2) is 58.0 Å². The van der Waals surface area contributed by atoms with Gasteiger partial charge in [-0.3, -0.25) is 19.4 Å². The van der Waals surface area contributed by atoms with Gasteiger partial charge in [0.25, 0.3) is 0 Å². The van der Waals surface area contributed by atoms with E-state index < -0.39 is 0 Å². The lowest BCUT2D eigenvalue weighted by Gasteiger charge is -2.38. The lowest BCUT2D eigenvalue weighted by molar-refractivity contribution is -0.142. The molecule has 0 amide bonds. The molecule has 2 atom stereocenters. The first-order valence-electron chi connectivity index (χ1n) is 11.7. The van der Waals surface area contributed by atoms with Gasteiger partial charge in [-0.15, -0.1) is 0 Å². The van der Waals surface area contributed by atoms with Gasteiger partial charge in [0.1, 0.15) is 11.5 Å². The zero-order valence-corrected chi connectivity index (χ0v) is 26.3. The van der Waals surface area contributed by atoms with Crippen LogP contribution >= 0.6 is 45.2 Å². The second-order valence-corrected chi connectivity index (χ2v) is 14.4. The molecule has 2 aliphatic rings. The van der Waals surface area contributed by atoms with Gasteiger partial charge in [0.05, 0.1) is 19.0 Å². The maximum atomic E-state index is 13.2. The Balaban J connectivity index is 1.77. The first-order valence-corrected chi connectivity index (χ1v) is 13.9. The molecule has 0 N–H and O–H groups in total. The fourth-order valence-electron chi connectivity index (χ4n) is 5.57. The standard InChI is InChI=1S/C26H38I2N2O4/c1-23(2)13-15(25(5,6)29(23)9)21(31)33-19-11-18(28)20(12-17(19)27)34-22(32)16-14-24(3,4)30(10)26(16,7)8/h11-12,15-16H,13-14H2,1-10H3. The minimum atomic E-state index is -0.302. The lowest BCUT2D eigenvalue weighted by atomic mass is 9.87. The highest BCUT2D eigenvalue weighted by molar-refractivity contribution is 14.1. The van der Waals surface area contributed by atoms with Crippen LogP contribution in [0.2, 0.25) is 0 Å². The van der Waals surface area contributed by atoms with E-state index in [1.54, 1.807) is 12.1 Å². The topological polar surface area (TPSA) is 59.1 Å². The Labute approximate surface area is 231 Å². The average molecular weight is 696 g/mol. The minimum absolute atomic E-state index is 0.0799. The molecule has 6 nitrogen and oxygen atoms in total. The van der Waals surface area contributed by atoms with E-state index in [2.05, 4.69) is 124 Å². The highest BCUT2D eigenvalue weighted by Crippen LogP contribution is 2.46. The first kappa shape index (κ1) is 28.1. The van der Waals surface area contributed by atoms with Crippen molar-refractivity contribution in [3.63, 3.8) is 0 Å². The fourth-order valence-corrected chi connectivity index (χ4v) is 6.67. The fraction of sp³-hybridized carbons (Fsp3) is 0.692. The summed E-state index contributed by atoms with van der Waals surface area (Å²) in [6, 6.07) is 3.57. The summed E-state index contributed by atoms with van der Waals surface area (Å²) in [6.07, 6.45) is 1.47. The second kappa shape index (κ2) is 9.13. The summed E-state index contributed by atoms with van der Waals surface area (Å²) in [5.41, 5.74) is -0.764. The Bertz CT molecular complexity index is 923. The second-order valence-electron chi connectivity index (χ2n) is 12.1. The molecule has 0 saturated carbocycles. The van der Waals surface area contributed by atoms with E-state index in [-0.39, 0.29) is 45.9 Å². The number of hydrogen-bond acceptors (Lipinski definition) is 6. The van der Waals surface area contributed by atoms with Crippen LogP contribution in [0.1, 0.15) is 68.2 Å². The molecule has 0 radical (unpaired) electrons. The van der Waals surface area contributed by atoms with Crippen molar-refractivity contribution >= 4 is 57.1 Å². The Morgan fingerprint density at radius 1 is 0.735 bits per heavy atom. The van der Waals surface area contributed by atoms with E-state index >= 15 is 0 Å². The third-order valence-electron chi connectivity index (χ3n) is 8.63. The molecule has 3 rings (SSSR count). The third kappa shape index (κ3) is 4.89. The number of carbonyl (C=O) groups is 2. The largest absolute Gasteiger partial charge is 0.425 e. The highest BCUT2D eigenvalue weighted by atomic mass is 127. The molecule has 2 aliphatic heterocycles. The number of halogens is 2. The highest BCUT2D eigenvalue weighted by Gasteiger charge is 2.54. The van der Waals surface area contributed by atoms with E-state index in [0.29, 0.717) is 11.5 Å². The Hall–Kier alpha value is -0.460. The number of rotatable bonds is 4. The maximum Gasteiger partial charge on any atom is 0.316 e. The van der Waals surface area contributed by atoms with Gasteiger partial charge < -0.3 is 9.47 Å². The first-order chi connectivity index (χ1) is 15.3. The van der Waals surface area contributed by atoms with Crippen molar-refractivity contribution in [2.45, 2.75) is 90.4 Å². The molecule has 2 unspecified atom stereocenters. The Morgan fingerprint density at radius 3 is 1.26 bits per heavy atom. The molecule has 1 aromatic rings. The van der Waals surface area contributed by atoms with Crippen LogP contribution in [0.25, 0.3) is 0 Å². The van der Waals surface area contributed by atoms with Crippen LogP contribution in [0.15, 0.2) is 12.1 Å². The van der Waals surface area contributed by atoms with Crippen LogP contribution in [0.5, 0.6) is 11.5 Å². The van der Waals surface area contributed by atoms with E-state index in [1.807, 2.05) is 0 Å². The van der Waals surface area contributed by atoms with Crippen molar-refractivity contribution in [1.29, 1.82) is 0 Å². The van der Waals surface area contributed by atoms with Gasteiger partial charge in [0, 0.05) is 22.2 Å². The zero-order chi connectivity index (χ0) is 26.0. The maximum absolute atomic E-state index is 13.2. The number of hydrogen-bond donors (Lipinski definition) is 0. The van der Waals surface area contributed by atoms with Gasteiger partial charge in [-0.25, -0.2) is 0 Å². The van der Waals surface area contributed by atoms with Gasteiger partial charge in [-0.2, -0.15) is 0 Å². The number of esters is 2. The van der Waals surface area contributed by atoms with Crippen LogP contribution in [-0.2, 0) is 9.59 Å². The summed E-state index contributed by atoms with van der Waals surface area (Å²) in [5, 5.41) is 0. The molecule has 0 aromatic heterocycles. The number of carbonyl (C=O) groups excluding carboxylic acids is 2. The van der Waals surface area contributed by atoms with Crippen molar-refractivity contribution in [2.24, 2.45) is 11.8 Å². The normalized spacial score (nSPS) is 27.5. The third-order valence-corrected chi connectivity index (χ3v) is 10.3. The van der Waals surface area contributed by atoms with E-state index in [9.17, 15) is 9.59 Å². The van der Waals surface area contributed by atoms with Crippen LogP contribution in [0, 0.1) is 19.0 Å². The quantitative estimate of drug-likeness (QED) is 0.228. The number of ether oxygens (including phenoxy) is 2. The van der Waals surface area contributed by atoms with Gasteiger partial charge >= 0.3 is 11.9 Å². The summed E-state index contributed by atoms with van der Waals surface area (Å²) in [7, 11) is 4.13. The van der Waals surface area contributed by atoms with Crippen molar-refractivity contribution in [1.82, 2.24) is 9.80 Å². The molecule has 1 aromatic carbocycles. The van der Waals surface area contributed by atoms with Crippen molar-refractivity contribution in [2.75, 3.05) is 14.1 Å². The average Bonchev–Trinajstić information content (AvgIpc) is 2.98. The van der Waals surface area contributed by atoms with E-state index in [4.69, 9.17) is 9.47 Å². The smallest absolute Gasteiger partial charge is 0.316 e. The molecule has 0 bridgehead atoms. The number of nitrogens with zero attached hydrogens (tertiary/aromatic N) is 2. The van der Waals surface area contributed by atoms with Gasteiger partial charge in [0.15, 0.2) is 0 Å².